The van der Waals surface area contributed by atoms with Crippen molar-refractivity contribution in [1.29, 1.82) is 0 Å². The van der Waals surface area contributed by atoms with Crippen molar-refractivity contribution < 1.29 is 4.42 Å². The normalized spacial score (nSPS) is 12.1. The molecule has 0 aliphatic carbocycles. The number of hydrogen-bond acceptors (Lipinski definition) is 2. The van der Waals surface area contributed by atoms with E-state index in [1.807, 2.05) is 17.4 Å². The fraction of sp³-hybridized carbons (Fsp3) is 0. The molecule has 0 fully saturated rings. The second kappa shape index (κ2) is 11.4. The van der Waals surface area contributed by atoms with Crippen LogP contribution in [-0.4, -0.2) is 0 Å². The molecule has 54 heavy (non-hydrogen) atoms. The third-order valence-electron chi connectivity index (χ3n) is 11.4. The zero-order valence-electron chi connectivity index (χ0n) is 29.1. The highest BCUT2D eigenvalue weighted by Gasteiger charge is 2.18. The summed E-state index contributed by atoms with van der Waals surface area (Å²) in [6.45, 7) is 0. The minimum atomic E-state index is 0.935. The lowest BCUT2D eigenvalue weighted by Crippen LogP contribution is -1.91. The average Bonchev–Trinajstić information content (AvgIpc) is 3.79. The monoisotopic (exact) mass is 702 g/mol. The van der Waals surface area contributed by atoms with E-state index in [9.17, 15) is 0 Å². The molecule has 0 bridgehead atoms. The molecular weight excluding hydrogens is 673 g/mol. The Kier molecular flexibility index (Phi) is 6.28. The van der Waals surface area contributed by atoms with E-state index in [-0.39, 0.29) is 0 Å². The average molecular weight is 703 g/mol. The fourth-order valence-electron chi connectivity index (χ4n) is 8.91. The van der Waals surface area contributed by atoms with Gasteiger partial charge >= 0.3 is 0 Å². The first-order chi connectivity index (χ1) is 26.7. The molecule has 10 aromatic carbocycles. The summed E-state index contributed by atoms with van der Waals surface area (Å²) in [5, 5.41) is 14.9. The molecule has 0 radical (unpaired) electrons. The van der Waals surface area contributed by atoms with Crippen LogP contribution in [0.1, 0.15) is 0 Å². The Morgan fingerprint density at radius 3 is 1.67 bits per heavy atom. The second-order valence-electron chi connectivity index (χ2n) is 14.4. The fourth-order valence-corrected chi connectivity index (χ4v) is 10.0. The van der Waals surface area contributed by atoms with E-state index >= 15 is 0 Å². The third kappa shape index (κ3) is 4.38. The van der Waals surface area contributed by atoms with Crippen LogP contribution in [0.3, 0.4) is 0 Å². The second-order valence-corrected chi connectivity index (χ2v) is 15.5. The van der Waals surface area contributed by atoms with E-state index in [2.05, 4.69) is 176 Å². The molecule has 0 atom stereocenters. The highest BCUT2D eigenvalue weighted by Crippen LogP contribution is 2.46. The molecule has 2 heterocycles. The van der Waals surface area contributed by atoms with Crippen LogP contribution < -0.4 is 0 Å². The van der Waals surface area contributed by atoms with Crippen LogP contribution in [-0.2, 0) is 0 Å². The van der Waals surface area contributed by atoms with E-state index in [1.54, 1.807) is 0 Å². The van der Waals surface area contributed by atoms with E-state index in [1.165, 1.54) is 107 Å². The first kappa shape index (κ1) is 29.8. The maximum Gasteiger partial charge on any atom is 0.143 e. The molecule has 0 amide bonds. The molecule has 12 aromatic rings. The van der Waals surface area contributed by atoms with Crippen molar-refractivity contribution in [2.24, 2.45) is 0 Å². The van der Waals surface area contributed by atoms with Crippen LogP contribution in [0.5, 0.6) is 0 Å². The van der Waals surface area contributed by atoms with Gasteiger partial charge in [-0.05, 0) is 120 Å². The van der Waals surface area contributed by atoms with Gasteiger partial charge in [0.1, 0.15) is 11.2 Å². The van der Waals surface area contributed by atoms with Crippen LogP contribution in [0.25, 0.3) is 119 Å². The summed E-state index contributed by atoms with van der Waals surface area (Å²) in [6, 6.07) is 66.9. The predicted octanol–water partition coefficient (Wildman–Crippen LogP) is 15.6. The van der Waals surface area contributed by atoms with Gasteiger partial charge in [-0.25, -0.2) is 0 Å². The number of furan rings is 1. The largest absolute Gasteiger partial charge is 0.455 e. The van der Waals surface area contributed by atoms with Crippen molar-refractivity contribution in [1.82, 2.24) is 0 Å². The summed E-state index contributed by atoms with van der Waals surface area (Å²) < 4.78 is 8.99. The van der Waals surface area contributed by atoms with Gasteiger partial charge in [0, 0.05) is 36.3 Å². The van der Waals surface area contributed by atoms with Crippen LogP contribution in [0, 0.1) is 0 Å². The summed E-state index contributed by atoms with van der Waals surface area (Å²) >= 11 is 1.86. The molecule has 0 saturated carbocycles. The van der Waals surface area contributed by atoms with Gasteiger partial charge in [0.15, 0.2) is 0 Å². The summed E-state index contributed by atoms with van der Waals surface area (Å²) in [5.74, 6) is 0. The highest BCUT2D eigenvalue weighted by atomic mass is 32.1. The van der Waals surface area contributed by atoms with Crippen LogP contribution >= 0.6 is 11.3 Å². The maximum absolute atomic E-state index is 6.42. The van der Waals surface area contributed by atoms with Crippen molar-refractivity contribution in [3.63, 3.8) is 0 Å². The topological polar surface area (TPSA) is 13.1 Å². The Labute approximate surface area is 314 Å². The molecule has 2 aromatic heterocycles. The molecule has 0 saturated heterocycles. The Hall–Kier alpha value is -6.74. The van der Waals surface area contributed by atoms with Gasteiger partial charge in [-0.3, -0.25) is 0 Å². The summed E-state index contributed by atoms with van der Waals surface area (Å²) in [7, 11) is 0. The number of thiophene rings is 1. The molecule has 1 nitrogen and oxygen atoms in total. The van der Waals surface area contributed by atoms with Gasteiger partial charge in [-0.15, -0.1) is 11.3 Å². The summed E-state index contributed by atoms with van der Waals surface area (Å²) in [6.07, 6.45) is 0. The summed E-state index contributed by atoms with van der Waals surface area (Å²) in [4.78, 5) is 0. The maximum atomic E-state index is 6.42. The van der Waals surface area contributed by atoms with Crippen LogP contribution in [0.15, 0.2) is 186 Å². The van der Waals surface area contributed by atoms with E-state index in [4.69, 9.17) is 4.42 Å². The first-order valence-corrected chi connectivity index (χ1v) is 19.3. The van der Waals surface area contributed by atoms with E-state index in [0.717, 1.165) is 11.2 Å². The Morgan fingerprint density at radius 2 is 0.889 bits per heavy atom. The van der Waals surface area contributed by atoms with Crippen molar-refractivity contribution >= 4 is 96.5 Å². The molecule has 0 aliphatic rings. The van der Waals surface area contributed by atoms with E-state index in [0.29, 0.717) is 0 Å². The number of rotatable bonds is 3. The number of hydrogen-bond donors (Lipinski definition) is 0. The van der Waals surface area contributed by atoms with Gasteiger partial charge in [0.05, 0.1) is 0 Å². The van der Waals surface area contributed by atoms with Gasteiger partial charge in [-0.1, -0.05) is 133 Å². The van der Waals surface area contributed by atoms with Gasteiger partial charge in [0.2, 0.25) is 0 Å². The lowest BCUT2D eigenvalue weighted by atomic mass is 9.85. The van der Waals surface area contributed by atoms with Crippen LogP contribution in [0.4, 0.5) is 0 Å². The molecule has 0 aliphatic heterocycles. The lowest BCUT2D eigenvalue weighted by Gasteiger charge is -2.18. The standard InChI is InChI=1S/C52H30OS/c1-2-11-32-26-37(21-20-31(32)10-1)51-41-17-5-3-15-39(41)50(40-16-4-6-18-42(40)51)36-13-9-12-33(27-36)34-23-25-48-45(28-34)46-29-35-22-24-43-38-14-7-8-19-47(38)53-52(43)44(35)30-49(46)54-48/h1-30H. The SMILES string of the molecule is c1cc(-c2ccc3sc4cc5c(ccc6c7ccccc7oc56)cc4c3c2)cc(-c2c3ccccc3c(-c3ccc4ccccc4c3)c3ccccc23)c1. The van der Waals surface area contributed by atoms with Crippen molar-refractivity contribution in [2.75, 3.05) is 0 Å². The molecule has 0 spiro atoms. The van der Waals surface area contributed by atoms with Gasteiger partial charge < -0.3 is 4.42 Å². The molecule has 250 valence electrons. The molecule has 0 unspecified atom stereocenters. The molecule has 2 heteroatoms. The zero-order valence-corrected chi connectivity index (χ0v) is 30.0. The first-order valence-electron chi connectivity index (χ1n) is 18.5. The quantitative estimate of drug-likeness (QED) is 0.167. The van der Waals surface area contributed by atoms with E-state index < -0.39 is 0 Å². The van der Waals surface area contributed by atoms with Crippen molar-refractivity contribution in [2.45, 2.75) is 0 Å². The minimum absolute atomic E-state index is 0.935. The van der Waals surface area contributed by atoms with Crippen molar-refractivity contribution in [3.8, 4) is 33.4 Å². The molecule has 0 N–H and O–H groups in total. The lowest BCUT2D eigenvalue weighted by molar-refractivity contribution is 0.673. The van der Waals surface area contributed by atoms with Crippen molar-refractivity contribution in [3.05, 3.63) is 182 Å². The molecular formula is C52H30OS. The number of benzene rings is 10. The Morgan fingerprint density at radius 1 is 0.296 bits per heavy atom. The minimum Gasteiger partial charge on any atom is -0.455 e. The van der Waals surface area contributed by atoms with Gasteiger partial charge in [0.25, 0.3) is 0 Å². The van der Waals surface area contributed by atoms with Crippen LogP contribution in [0.2, 0.25) is 0 Å². The zero-order chi connectivity index (χ0) is 35.3. The Bertz CT molecular complexity index is 3450. The number of fused-ring (bicyclic) bond motifs is 11. The molecule has 12 rings (SSSR count). The smallest absolute Gasteiger partial charge is 0.143 e. The summed E-state index contributed by atoms with van der Waals surface area (Å²) in [5.41, 5.74) is 9.37. The predicted molar refractivity (Wildman–Crippen MR) is 233 cm³/mol. The third-order valence-corrected chi connectivity index (χ3v) is 12.5. The van der Waals surface area contributed by atoms with Gasteiger partial charge in [-0.2, -0.15) is 0 Å². The Balaban J connectivity index is 1.02. The highest BCUT2D eigenvalue weighted by molar-refractivity contribution is 7.25. The number of para-hydroxylation sites is 1.